The number of methoxy groups -OCH3 is 1. The van der Waals surface area contributed by atoms with Crippen molar-refractivity contribution in [3.05, 3.63) is 89.7 Å². The second kappa shape index (κ2) is 9.02. The van der Waals surface area contributed by atoms with Gasteiger partial charge < -0.3 is 15.2 Å². The molecule has 0 bridgehead atoms. The highest BCUT2D eigenvalue weighted by Crippen LogP contribution is 2.37. The van der Waals surface area contributed by atoms with Gasteiger partial charge in [-0.3, -0.25) is 4.79 Å². The molecule has 2 aromatic heterocycles. The Bertz CT molecular complexity index is 1290. The molecular formula is C24H19N5O3. The standard InChI is InChI=1S/C24H19N5O3/c1-32-21-11-17(12-25)7-9-19(21)20-15-28-29(24(20)31)22-10-8-18(14-26-22)23(30)27-13-16-5-3-2-4-6-16/h2-11,14-15,31H,13H2,1H3,(H,27,30). The molecule has 4 rings (SSSR count). The number of pyridine rings is 1. The summed E-state index contributed by atoms with van der Waals surface area (Å²) in [5, 5.41) is 26.9. The van der Waals surface area contributed by atoms with E-state index < -0.39 is 0 Å². The van der Waals surface area contributed by atoms with Gasteiger partial charge in [-0.15, -0.1) is 0 Å². The third-order valence-corrected chi connectivity index (χ3v) is 4.89. The van der Waals surface area contributed by atoms with Crippen molar-refractivity contribution in [2.45, 2.75) is 6.54 Å². The maximum atomic E-state index is 12.4. The molecule has 2 aromatic carbocycles. The van der Waals surface area contributed by atoms with Gasteiger partial charge in [0, 0.05) is 18.3 Å². The summed E-state index contributed by atoms with van der Waals surface area (Å²) in [6, 6.07) is 19.8. The number of rotatable bonds is 6. The van der Waals surface area contributed by atoms with Crippen LogP contribution >= 0.6 is 0 Å². The first-order chi connectivity index (χ1) is 15.6. The highest BCUT2D eigenvalue weighted by molar-refractivity contribution is 5.93. The molecule has 0 radical (unpaired) electrons. The molecule has 8 heteroatoms. The second-order valence-electron chi connectivity index (χ2n) is 6.89. The molecule has 0 atom stereocenters. The van der Waals surface area contributed by atoms with Crippen LogP contribution in [0.5, 0.6) is 11.6 Å². The number of nitriles is 1. The summed E-state index contributed by atoms with van der Waals surface area (Å²) in [5.74, 6) is 0.403. The maximum absolute atomic E-state index is 12.4. The quantitative estimate of drug-likeness (QED) is 0.489. The van der Waals surface area contributed by atoms with Crippen LogP contribution in [0.2, 0.25) is 0 Å². The highest BCUT2D eigenvalue weighted by Gasteiger charge is 2.18. The van der Waals surface area contributed by atoms with Crippen molar-refractivity contribution < 1.29 is 14.6 Å². The zero-order valence-electron chi connectivity index (χ0n) is 17.2. The van der Waals surface area contributed by atoms with Gasteiger partial charge in [0.25, 0.3) is 5.91 Å². The summed E-state index contributed by atoms with van der Waals surface area (Å²) in [7, 11) is 1.49. The van der Waals surface area contributed by atoms with E-state index in [0.29, 0.717) is 40.4 Å². The fourth-order valence-electron chi connectivity index (χ4n) is 3.21. The Kier molecular flexibility index (Phi) is 5.81. The Labute approximate surface area is 184 Å². The molecule has 0 saturated heterocycles. The van der Waals surface area contributed by atoms with Gasteiger partial charge in [-0.25, -0.2) is 4.98 Å². The minimum absolute atomic E-state index is 0.137. The number of nitrogens with zero attached hydrogens (tertiary/aromatic N) is 4. The van der Waals surface area contributed by atoms with Crippen molar-refractivity contribution in [1.82, 2.24) is 20.1 Å². The smallest absolute Gasteiger partial charge is 0.253 e. The number of nitrogens with one attached hydrogen (secondary N) is 1. The van der Waals surface area contributed by atoms with Gasteiger partial charge in [0.05, 0.1) is 36.1 Å². The molecule has 8 nitrogen and oxygen atoms in total. The molecule has 0 spiro atoms. The Morgan fingerprint density at radius 1 is 1.12 bits per heavy atom. The van der Waals surface area contributed by atoms with Crippen LogP contribution in [0.15, 0.2) is 73.1 Å². The Morgan fingerprint density at radius 2 is 1.94 bits per heavy atom. The summed E-state index contributed by atoms with van der Waals surface area (Å²) in [5.41, 5.74) is 2.85. The topological polar surface area (TPSA) is 113 Å². The maximum Gasteiger partial charge on any atom is 0.253 e. The average molecular weight is 425 g/mol. The lowest BCUT2D eigenvalue weighted by atomic mass is 10.1. The Balaban J connectivity index is 1.54. The fraction of sp³-hybridized carbons (Fsp3) is 0.0833. The summed E-state index contributed by atoms with van der Waals surface area (Å²) in [4.78, 5) is 16.7. The number of carbonyl (C=O) groups excluding carboxylic acids is 1. The van der Waals surface area contributed by atoms with E-state index in [2.05, 4.69) is 21.5 Å². The first-order valence-electron chi connectivity index (χ1n) is 9.74. The number of amides is 1. The number of benzene rings is 2. The predicted molar refractivity (Wildman–Crippen MR) is 117 cm³/mol. The lowest BCUT2D eigenvalue weighted by molar-refractivity contribution is 0.0950. The molecule has 0 aliphatic rings. The number of aromatic nitrogens is 3. The first kappa shape index (κ1) is 20.6. The van der Waals surface area contributed by atoms with E-state index in [1.807, 2.05) is 30.3 Å². The van der Waals surface area contributed by atoms with Gasteiger partial charge in [0.2, 0.25) is 5.88 Å². The molecule has 0 saturated carbocycles. The summed E-state index contributed by atoms with van der Waals surface area (Å²) in [6.07, 6.45) is 2.92. The summed E-state index contributed by atoms with van der Waals surface area (Å²) in [6.45, 7) is 0.414. The van der Waals surface area contributed by atoms with Crippen molar-refractivity contribution in [1.29, 1.82) is 5.26 Å². The van der Waals surface area contributed by atoms with Crippen molar-refractivity contribution >= 4 is 5.91 Å². The fourth-order valence-corrected chi connectivity index (χ4v) is 3.21. The van der Waals surface area contributed by atoms with Gasteiger partial charge >= 0.3 is 0 Å². The number of carbonyl (C=O) groups is 1. The Hall–Kier alpha value is -4.64. The van der Waals surface area contributed by atoms with Crippen molar-refractivity contribution in [2.75, 3.05) is 7.11 Å². The van der Waals surface area contributed by atoms with Crippen LogP contribution in [0, 0.1) is 11.3 Å². The molecule has 2 heterocycles. The Morgan fingerprint density at radius 3 is 2.62 bits per heavy atom. The normalized spacial score (nSPS) is 10.4. The summed E-state index contributed by atoms with van der Waals surface area (Å²) < 4.78 is 6.61. The molecule has 32 heavy (non-hydrogen) atoms. The van der Waals surface area contributed by atoms with Crippen molar-refractivity contribution in [3.63, 3.8) is 0 Å². The van der Waals surface area contributed by atoms with Crippen LogP contribution in [-0.2, 0) is 6.54 Å². The van der Waals surface area contributed by atoms with E-state index in [4.69, 9.17) is 10.00 Å². The molecule has 0 aliphatic heterocycles. The van der Waals surface area contributed by atoms with Gasteiger partial charge in [-0.1, -0.05) is 30.3 Å². The van der Waals surface area contributed by atoms with Gasteiger partial charge in [0.15, 0.2) is 5.82 Å². The van der Waals surface area contributed by atoms with E-state index >= 15 is 0 Å². The van der Waals surface area contributed by atoms with Gasteiger partial charge in [-0.05, 0) is 35.9 Å². The third kappa shape index (κ3) is 4.13. The molecular weight excluding hydrogens is 406 g/mol. The van der Waals surface area contributed by atoms with Crippen LogP contribution in [0.3, 0.4) is 0 Å². The van der Waals surface area contributed by atoms with Crippen LogP contribution in [0.25, 0.3) is 16.9 Å². The molecule has 2 N–H and O–H groups in total. The number of ether oxygens (including phenoxy) is 1. The van der Waals surface area contributed by atoms with Crippen molar-refractivity contribution in [3.8, 4) is 34.6 Å². The van der Waals surface area contributed by atoms with E-state index in [1.165, 1.54) is 24.2 Å². The monoisotopic (exact) mass is 425 g/mol. The lowest BCUT2D eigenvalue weighted by Gasteiger charge is -2.09. The van der Waals surface area contributed by atoms with E-state index in [9.17, 15) is 9.90 Å². The summed E-state index contributed by atoms with van der Waals surface area (Å²) >= 11 is 0. The van der Waals surface area contributed by atoms with Crippen LogP contribution in [0.4, 0.5) is 0 Å². The van der Waals surface area contributed by atoms with E-state index in [0.717, 1.165) is 5.56 Å². The SMILES string of the molecule is COc1cc(C#N)ccc1-c1cnn(-c2ccc(C(=O)NCc3ccccc3)cn2)c1O. The number of hydrogen-bond acceptors (Lipinski definition) is 6. The van der Waals surface area contributed by atoms with E-state index in [1.54, 1.807) is 30.3 Å². The number of aromatic hydroxyl groups is 1. The number of hydrogen-bond donors (Lipinski definition) is 2. The largest absolute Gasteiger partial charge is 0.496 e. The second-order valence-corrected chi connectivity index (χ2v) is 6.89. The van der Waals surface area contributed by atoms with Crippen LogP contribution in [0.1, 0.15) is 21.5 Å². The van der Waals surface area contributed by atoms with Crippen molar-refractivity contribution in [2.24, 2.45) is 0 Å². The first-order valence-corrected chi connectivity index (χ1v) is 9.74. The van der Waals surface area contributed by atoms with Crippen LogP contribution in [-0.4, -0.2) is 32.9 Å². The van der Waals surface area contributed by atoms with E-state index in [-0.39, 0.29) is 11.8 Å². The van der Waals surface area contributed by atoms with Gasteiger partial charge in [0.1, 0.15) is 5.75 Å². The third-order valence-electron chi connectivity index (χ3n) is 4.89. The van der Waals surface area contributed by atoms with Gasteiger partial charge in [-0.2, -0.15) is 15.0 Å². The highest BCUT2D eigenvalue weighted by atomic mass is 16.5. The average Bonchev–Trinajstić information content (AvgIpc) is 3.23. The van der Waals surface area contributed by atoms with Crippen LogP contribution < -0.4 is 10.1 Å². The minimum Gasteiger partial charge on any atom is -0.496 e. The minimum atomic E-state index is -0.249. The molecule has 158 valence electrons. The molecule has 4 aromatic rings. The lowest BCUT2D eigenvalue weighted by Crippen LogP contribution is -2.23. The molecule has 0 aliphatic carbocycles. The predicted octanol–water partition coefficient (Wildman–Crippen LogP) is 3.45. The molecule has 1 amide bonds. The zero-order chi connectivity index (χ0) is 22.5. The zero-order valence-corrected chi connectivity index (χ0v) is 17.2. The molecule has 0 unspecified atom stereocenters. The molecule has 0 fully saturated rings.